The molecule has 0 saturated heterocycles. The van der Waals surface area contributed by atoms with Crippen LogP contribution in [-0.2, 0) is 0 Å². The highest BCUT2D eigenvalue weighted by Gasteiger charge is 2.10. The van der Waals surface area contributed by atoms with E-state index >= 15 is 0 Å². The number of halogens is 1. The number of amides is 1. The van der Waals surface area contributed by atoms with Gasteiger partial charge in [0.2, 0.25) is 5.95 Å². The van der Waals surface area contributed by atoms with E-state index in [1.165, 1.54) is 0 Å². The van der Waals surface area contributed by atoms with Crippen molar-refractivity contribution in [1.82, 2.24) is 9.97 Å². The fraction of sp³-hybridized carbons (Fsp3) is 0.0690. The van der Waals surface area contributed by atoms with Crippen LogP contribution in [0.15, 0.2) is 97.1 Å². The molecule has 1 aromatic heterocycles. The van der Waals surface area contributed by atoms with E-state index in [4.69, 9.17) is 11.6 Å². The van der Waals surface area contributed by atoms with Gasteiger partial charge in [0.05, 0.1) is 5.52 Å². The Morgan fingerprint density at radius 1 is 0.750 bits per heavy atom. The summed E-state index contributed by atoms with van der Waals surface area (Å²) >= 11 is 5.97. The molecule has 0 aliphatic carbocycles. The topological polar surface area (TPSA) is 70.2 Å². The number of hydrogen-bond donors (Lipinski definition) is 2. The fourth-order valence-corrected chi connectivity index (χ4v) is 4.01. The maximum absolute atomic E-state index is 12.7. The Bertz CT molecular complexity index is 1520. The number of para-hydroxylation sites is 1. The van der Waals surface area contributed by atoms with Crippen LogP contribution >= 0.6 is 11.6 Å². The molecule has 0 radical (unpaired) electrons. The molecule has 0 atom stereocenters. The van der Waals surface area contributed by atoms with Crippen LogP contribution < -0.4 is 15.5 Å². The predicted molar refractivity (Wildman–Crippen MR) is 148 cm³/mol. The summed E-state index contributed by atoms with van der Waals surface area (Å²) in [7, 11) is 3.92. The molecule has 1 heterocycles. The fourth-order valence-electron chi connectivity index (χ4n) is 3.88. The summed E-state index contributed by atoms with van der Waals surface area (Å²) in [4.78, 5) is 24.0. The molecule has 4 aromatic carbocycles. The van der Waals surface area contributed by atoms with Crippen LogP contribution in [0.1, 0.15) is 10.4 Å². The first kappa shape index (κ1) is 23.3. The number of carbonyl (C=O) groups is 1. The van der Waals surface area contributed by atoms with E-state index in [1.54, 1.807) is 0 Å². The number of hydrogen-bond acceptors (Lipinski definition) is 5. The van der Waals surface area contributed by atoms with Gasteiger partial charge in [-0.3, -0.25) is 4.79 Å². The Labute approximate surface area is 214 Å². The van der Waals surface area contributed by atoms with Gasteiger partial charge in [-0.1, -0.05) is 48.0 Å². The second-order valence-electron chi connectivity index (χ2n) is 8.52. The molecule has 6 nitrogen and oxygen atoms in total. The third kappa shape index (κ3) is 5.14. The Morgan fingerprint density at radius 2 is 1.36 bits per heavy atom. The largest absolute Gasteiger partial charge is 0.362 e. The van der Waals surface area contributed by atoms with Crippen molar-refractivity contribution in [3.05, 3.63) is 108 Å². The zero-order valence-corrected chi connectivity index (χ0v) is 20.6. The summed E-state index contributed by atoms with van der Waals surface area (Å²) < 4.78 is 0. The van der Waals surface area contributed by atoms with Gasteiger partial charge >= 0.3 is 0 Å². The van der Waals surface area contributed by atoms with Crippen molar-refractivity contribution < 1.29 is 4.79 Å². The highest BCUT2D eigenvalue weighted by atomic mass is 35.5. The van der Waals surface area contributed by atoms with Crippen molar-refractivity contribution in [2.24, 2.45) is 0 Å². The van der Waals surface area contributed by atoms with E-state index in [9.17, 15) is 4.79 Å². The van der Waals surface area contributed by atoms with Gasteiger partial charge in [0.15, 0.2) is 0 Å². The molecule has 178 valence electrons. The van der Waals surface area contributed by atoms with Gasteiger partial charge in [-0.2, -0.15) is 4.98 Å². The quantitative estimate of drug-likeness (QED) is 0.266. The van der Waals surface area contributed by atoms with Crippen LogP contribution in [0.3, 0.4) is 0 Å². The minimum Gasteiger partial charge on any atom is -0.362 e. The summed E-state index contributed by atoms with van der Waals surface area (Å²) in [5.41, 5.74) is 5.02. The van der Waals surface area contributed by atoms with E-state index < -0.39 is 0 Å². The average Bonchev–Trinajstić information content (AvgIpc) is 2.90. The van der Waals surface area contributed by atoms with Crippen LogP contribution in [0.2, 0.25) is 5.02 Å². The smallest absolute Gasteiger partial charge is 0.255 e. The minimum absolute atomic E-state index is 0.174. The highest BCUT2D eigenvalue weighted by molar-refractivity contribution is 6.30. The lowest BCUT2D eigenvalue weighted by atomic mass is 10.0. The lowest BCUT2D eigenvalue weighted by molar-refractivity contribution is 0.102. The molecule has 5 rings (SSSR count). The SMILES string of the molecule is CN(C)c1nc(Nc2ccc(NC(=O)c3ccc(-c4ccc(Cl)cc4)cc3)cc2)nc2ccccc12. The van der Waals surface area contributed by atoms with Crippen molar-refractivity contribution in [3.63, 3.8) is 0 Å². The number of aromatic nitrogens is 2. The second kappa shape index (κ2) is 10.1. The second-order valence-corrected chi connectivity index (χ2v) is 8.96. The molecule has 0 aliphatic rings. The van der Waals surface area contributed by atoms with Crippen LogP contribution in [0.5, 0.6) is 0 Å². The molecule has 0 unspecified atom stereocenters. The van der Waals surface area contributed by atoms with E-state index in [0.717, 1.165) is 33.5 Å². The molecule has 5 aromatic rings. The third-order valence-corrected chi connectivity index (χ3v) is 5.98. The summed E-state index contributed by atoms with van der Waals surface area (Å²) in [5, 5.41) is 7.89. The first-order valence-electron chi connectivity index (χ1n) is 11.4. The number of fused-ring (bicyclic) bond motifs is 1. The van der Waals surface area contributed by atoms with Gasteiger partial charge in [0, 0.05) is 41.4 Å². The molecule has 2 N–H and O–H groups in total. The summed E-state index contributed by atoms with van der Waals surface area (Å²) in [6.07, 6.45) is 0. The van der Waals surface area contributed by atoms with Crippen LogP contribution in [0.25, 0.3) is 22.0 Å². The summed E-state index contributed by atoms with van der Waals surface area (Å²) in [6.45, 7) is 0. The molecular weight excluding hydrogens is 470 g/mol. The Morgan fingerprint density at radius 3 is 2.03 bits per heavy atom. The van der Waals surface area contributed by atoms with Crippen molar-refractivity contribution >= 4 is 51.6 Å². The lowest BCUT2D eigenvalue weighted by Gasteiger charge is -2.16. The molecule has 0 saturated carbocycles. The summed E-state index contributed by atoms with van der Waals surface area (Å²) in [5.74, 6) is 1.18. The first-order chi connectivity index (χ1) is 17.5. The maximum Gasteiger partial charge on any atom is 0.255 e. The Balaban J connectivity index is 1.27. The lowest BCUT2D eigenvalue weighted by Crippen LogP contribution is -2.13. The minimum atomic E-state index is -0.174. The molecular formula is C29H24ClN5O. The van der Waals surface area contributed by atoms with E-state index in [2.05, 4.69) is 20.6 Å². The van der Waals surface area contributed by atoms with Crippen molar-refractivity contribution in [3.8, 4) is 11.1 Å². The van der Waals surface area contributed by atoms with Gasteiger partial charge in [0.25, 0.3) is 5.91 Å². The first-order valence-corrected chi connectivity index (χ1v) is 11.8. The van der Waals surface area contributed by atoms with E-state index in [0.29, 0.717) is 22.2 Å². The molecule has 0 bridgehead atoms. The number of carbonyl (C=O) groups excluding carboxylic acids is 1. The molecule has 0 fully saturated rings. The van der Waals surface area contributed by atoms with Crippen LogP contribution in [-0.4, -0.2) is 30.0 Å². The number of nitrogens with one attached hydrogen (secondary N) is 2. The van der Waals surface area contributed by atoms with Crippen LogP contribution in [0.4, 0.5) is 23.1 Å². The Hall–Kier alpha value is -4.42. The van der Waals surface area contributed by atoms with Gasteiger partial charge in [-0.25, -0.2) is 4.98 Å². The average molecular weight is 494 g/mol. The monoisotopic (exact) mass is 493 g/mol. The molecule has 1 amide bonds. The highest BCUT2D eigenvalue weighted by Crippen LogP contribution is 2.26. The molecule has 0 aliphatic heterocycles. The predicted octanol–water partition coefficient (Wildman–Crippen LogP) is 7.01. The van der Waals surface area contributed by atoms with E-state index in [-0.39, 0.29) is 5.91 Å². The summed E-state index contributed by atoms with van der Waals surface area (Å²) in [6, 6.07) is 30.5. The zero-order chi connectivity index (χ0) is 25.1. The van der Waals surface area contributed by atoms with Crippen molar-refractivity contribution in [1.29, 1.82) is 0 Å². The van der Waals surface area contributed by atoms with Crippen molar-refractivity contribution in [2.75, 3.05) is 29.6 Å². The van der Waals surface area contributed by atoms with Gasteiger partial charge < -0.3 is 15.5 Å². The molecule has 0 spiro atoms. The normalized spacial score (nSPS) is 10.8. The maximum atomic E-state index is 12.7. The van der Waals surface area contributed by atoms with Gasteiger partial charge in [0.1, 0.15) is 5.82 Å². The number of anilines is 4. The number of benzene rings is 4. The van der Waals surface area contributed by atoms with Gasteiger partial charge in [-0.05, 0) is 71.8 Å². The molecule has 36 heavy (non-hydrogen) atoms. The van der Waals surface area contributed by atoms with Crippen LogP contribution in [0, 0.1) is 0 Å². The van der Waals surface area contributed by atoms with Gasteiger partial charge in [-0.15, -0.1) is 0 Å². The third-order valence-electron chi connectivity index (χ3n) is 5.73. The Kier molecular flexibility index (Phi) is 6.52. The standard InChI is InChI=1S/C29H24ClN5O/c1-35(2)27-25-5-3-4-6-26(25)33-29(34-27)32-24-17-15-23(16-18-24)31-28(36)21-9-7-19(8-10-21)20-11-13-22(30)14-12-20/h3-18H,1-2H3,(H,31,36)(H,32,33,34). The zero-order valence-electron chi connectivity index (χ0n) is 19.9. The number of rotatable bonds is 6. The number of nitrogens with zero attached hydrogens (tertiary/aromatic N) is 3. The molecule has 7 heteroatoms. The van der Waals surface area contributed by atoms with Crippen molar-refractivity contribution in [2.45, 2.75) is 0 Å². The van der Waals surface area contributed by atoms with E-state index in [1.807, 2.05) is 116 Å².